The molecule has 2 aromatic carbocycles. The van der Waals surface area contributed by atoms with E-state index in [9.17, 15) is 13.2 Å². The first-order chi connectivity index (χ1) is 12.3. The summed E-state index contributed by atoms with van der Waals surface area (Å²) in [6.45, 7) is 7.11. The summed E-state index contributed by atoms with van der Waals surface area (Å²) in [7, 11) is -3.53. The highest BCUT2D eigenvalue weighted by Crippen LogP contribution is 2.22. The highest BCUT2D eigenvalue weighted by atomic mass is 32.2. The van der Waals surface area contributed by atoms with Crippen LogP contribution < -0.4 is 0 Å². The first-order valence-electron chi connectivity index (χ1n) is 8.73. The number of nitrogens with zero attached hydrogens (tertiary/aromatic N) is 2. The third-order valence-corrected chi connectivity index (χ3v) is 6.92. The van der Waals surface area contributed by atoms with E-state index in [4.69, 9.17) is 0 Å². The number of sulfonamides is 1. The number of aryl methyl sites for hydroxylation is 3. The van der Waals surface area contributed by atoms with Crippen LogP contribution in [-0.4, -0.2) is 49.7 Å². The van der Waals surface area contributed by atoms with Gasteiger partial charge < -0.3 is 4.90 Å². The monoisotopic (exact) mass is 372 g/mol. The molecule has 0 aromatic heterocycles. The van der Waals surface area contributed by atoms with E-state index in [0.717, 1.165) is 16.7 Å². The van der Waals surface area contributed by atoms with E-state index in [2.05, 4.69) is 0 Å². The van der Waals surface area contributed by atoms with Gasteiger partial charge >= 0.3 is 0 Å². The Hall–Kier alpha value is -2.18. The Morgan fingerprint density at radius 3 is 2.19 bits per heavy atom. The fourth-order valence-corrected chi connectivity index (χ4v) is 4.90. The fourth-order valence-electron chi connectivity index (χ4n) is 3.25. The molecule has 0 N–H and O–H groups in total. The minimum atomic E-state index is -3.53. The van der Waals surface area contributed by atoms with Gasteiger partial charge in [0.2, 0.25) is 10.0 Å². The number of hydrogen-bond acceptors (Lipinski definition) is 3. The predicted octanol–water partition coefficient (Wildman–Crippen LogP) is 2.76. The van der Waals surface area contributed by atoms with E-state index in [-0.39, 0.29) is 5.91 Å². The molecule has 0 bridgehead atoms. The molecule has 138 valence electrons. The van der Waals surface area contributed by atoms with Crippen molar-refractivity contribution in [1.82, 2.24) is 9.21 Å². The summed E-state index contributed by atoms with van der Waals surface area (Å²) in [6, 6.07) is 12.8. The summed E-state index contributed by atoms with van der Waals surface area (Å²) < 4.78 is 27.2. The molecular formula is C20H24N2O3S. The number of benzene rings is 2. The highest BCUT2D eigenvalue weighted by Gasteiger charge is 2.31. The van der Waals surface area contributed by atoms with Crippen molar-refractivity contribution in [2.75, 3.05) is 26.2 Å². The van der Waals surface area contributed by atoms with Gasteiger partial charge in [-0.15, -0.1) is 0 Å². The van der Waals surface area contributed by atoms with Crippen LogP contribution in [0.2, 0.25) is 0 Å². The average Bonchev–Trinajstić information content (AvgIpc) is 2.63. The van der Waals surface area contributed by atoms with Crippen molar-refractivity contribution in [3.63, 3.8) is 0 Å². The topological polar surface area (TPSA) is 57.7 Å². The number of piperazine rings is 1. The van der Waals surface area contributed by atoms with Crippen LogP contribution in [0, 0.1) is 20.8 Å². The number of hydrogen-bond donors (Lipinski definition) is 0. The fraction of sp³-hybridized carbons (Fsp3) is 0.350. The van der Waals surface area contributed by atoms with Crippen LogP contribution in [0.1, 0.15) is 27.0 Å². The quantitative estimate of drug-likeness (QED) is 0.832. The van der Waals surface area contributed by atoms with Crippen molar-refractivity contribution in [1.29, 1.82) is 0 Å². The maximum absolute atomic E-state index is 12.9. The van der Waals surface area contributed by atoms with Gasteiger partial charge in [-0.25, -0.2) is 8.42 Å². The van der Waals surface area contributed by atoms with Crippen molar-refractivity contribution in [3.8, 4) is 0 Å². The van der Waals surface area contributed by atoms with Gasteiger partial charge in [-0.05, 0) is 44.0 Å². The van der Waals surface area contributed by atoms with Gasteiger partial charge in [-0.1, -0.05) is 35.9 Å². The van der Waals surface area contributed by atoms with Crippen LogP contribution in [0.25, 0.3) is 0 Å². The standard InChI is InChI=1S/C20H24N2O3S/c1-15-8-9-16(2)18(14-15)20(23)21-10-12-22(13-11-21)26(24,25)19-7-5-4-6-17(19)3/h4-9,14H,10-13H2,1-3H3. The molecule has 1 amide bonds. The van der Waals surface area contributed by atoms with Gasteiger partial charge in [0.05, 0.1) is 4.90 Å². The minimum absolute atomic E-state index is 0.0286. The van der Waals surface area contributed by atoms with Crippen LogP contribution in [0.3, 0.4) is 0 Å². The second-order valence-electron chi connectivity index (χ2n) is 6.78. The molecule has 1 aliphatic heterocycles. The SMILES string of the molecule is Cc1ccc(C)c(C(=O)N2CCN(S(=O)(=O)c3ccccc3C)CC2)c1. The molecule has 0 aliphatic carbocycles. The molecular weight excluding hydrogens is 348 g/mol. The zero-order valence-electron chi connectivity index (χ0n) is 15.4. The lowest BCUT2D eigenvalue weighted by molar-refractivity contribution is 0.0697. The molecule has 0 radical (unpaired) electrons. The molecule has 5 nitrogen and oxygen atoms in total. The third kappa shape index (κ3) is 3.52. The average molecular weight is 372 g/mol. The Kier molecular flexibility index (Phi) is 5.16. The van der Waals surface area contributed by atoms with Gasteiger partial charge in [0.15, 0.2) is 0 Å². The van der Waals surface area contributed by atoms with Gasteiger partial charge in [-0.3, -0.25) is 4.79 Å². The van der Waals surface area contributed by atoms with E-state index < -0.39 is 10.0 Å². The maximum atomic E-state index is 12.9. The minimum Gasteiger partial charge on any atom is -0.336 e. The van der Waals surface area contributed by atoms with Crippen LogP contribution >= 0.6 is 0 Å². The molecule has 1 heterocycles. The van der Waals surface area contributed by atoms with E-state index in [1.807, 2.05) is 38.1 Å². The molecule has 1 saturated heterocycles. The number of carbonyl (C=O) groups is 1. The van der Waals surface area contributed by atoms with Crippen molar-refractivity contribution in [3.05, 3.63) is 64.7 Å². The molecule has 6 heteroatoms. The lowest BCUT2D eigenvalue weighted by Crippen LogP contribution is -2.50. The Morgan fingerprint density at radius 1 is 0.885 bits per heavy atom. The molecule has 0 spiro atoms. The van der Waals surface area contributed by atoms with Gasteiger partial charge in [0.25, 0.3) is 5.91 Å². The summed E-state index contributed by atoms with van der Waals surface area (Å²) in [6.07, 6.45) is 0. The zero-order valence-corrected chi connectivity index (χ0v) is 16.2. The van der Waals surface area contributed by atoms with Crippen molar-refractivity contribution < 1.29 is 13.2 Å². The number of rotatable bonds is 3. The van der Waals surface area contributed by atoms with Crippen LogP contribution in [0.15, 0.2) is 47.4 Å². The molecule has 0 saturated carbocycles. The number of carbonyl (C=O) groups excluding carboxylic acids is 1. The van der Waals surface area contributed by atoms with Gasteiger partial charge in [0.1, 0.15) is 0 Å². The van der Waals surface area contributed by atoms with Crippen LogP contribution in [-0.2, 0) is 10.0 Å². The Balaban J connectivity index is 1.74. The van der Waals surface area contributed by atoms with E-state index in [1.165, 1.54) is 4.31 Å². The molecule has 2 aromatic rings. The van der Waals surface area contributed by atoms with Gasteiger partial charge in [-0.2, -0.15) is 4.31 Å². The first-order valence-corrected chi connectivity index (χ1v) is 10.2. The Labute approximate surface area is 155 Å². The second kappa shape index (κ2) is 7.21. The lowest BCUT2D eigenvalue weighted by atomic mass is 10.0. The predicted molar refractivity (Wildman–Crippen MR) is 102 cm³/mol. The largest absolute Gasteiger partial charge is 0.336 e. The molecule has 1 fully saturated rings. The third-order valence-electron chi connectivity index (χ3n) is 4.86. The van der Waals surface area contributed by atoms with Gasteiger partial charge in [0, 0.05) is 31.7 Å². The second-order valence-corrected chi connectivity index (χ2v) is 8.69. The summed E-state index contributed by atoms with van der Waals surface area (Å²) in [5.74, 6) is -0.0286. The summed E-state index contributed by atoms with van der Waals surface area (Å²) >= 11 is 0. The zero-order chi connectivity index (χ0) is 18.9. The smallest absolute Gasteiger partial charge is 0.254 e. The lowest BCUT2D eigenvalue weighted by Gasteiger charge is -2.34. The van der Waals surface area contributed by atoms with Crippen LogP contribution in [0.4, 0.5) is 0 Å². The van der Waals surface area contributed by atoms with Crippen molar-refractivity contribution in [2.45, 2.75) is 25.7 Å². The summed E-state index contributed by atoms with van der Waals surface area (Å²) in [5, 5.41) is 0. The van der Waals surface area contributed by atoms with E-state index >= 15 is 0 Å². The van der Waals surface area contributed by atoms with E-state index in [0.29, 0.717) is 36.6 Å². The molecule has 0 unspecified atom stereocenters. The summed E-state index contributed by atoms with van der Waals surface area (Å²) in [4.78, 5) is 14.9. The Morgan fingerprint density at radius 2 is 1.54 bits per heavy atom. The molecule has 26 heavy (non-hydrogen) atoms. The molecule has 0 atom stereocenters. The van der Waals surface area contributed by atoms with Crippen molar-refractivity contribution >= 4 is 15.9 Å². The van der Waals surface area contributed by atoms with E-state index in [1.54, 1.807) is 30.0 Å². The van der Waals surface area contributed by atoms with Crippen LogP contribution in [0.5, 0.6) is 0 Å². The maximum Gasteiger partial charge on any atom is 0.254 e. The first kappa shape index (κ1) is 18.6. The van der Waals surface area contributed by atoms with Crippen molar-refractivity contribution in [2.24, 2.45) is 0 Å². The highest BCUT2D eigenvalue weighted by molar-refractivity contribution is 7.89. The molecule has 1 aliphatic rings. The molecule has 3 rings (SSSR count). The number of amides is 1. The summed E-state index contributed by atoms with van der Waals surface area (Å²) in [5.41, 5.74) is 3.41. The Bertz CT molecular complexity index is 930. The normalized spacial score (nSPS) is 15.9.